The summed E-state index contributed by atoms with van der Waals surface area (Å²) in [6.45, 7) is 2.34. The van der Waals surface area contributed by atoms with Crippen LogP contribution in [0.4, 0.5) is 0 Å². The van der Waals surface area contributed by atoms with E-state index in [4.69, 9.17) is 0 Å². The van der Waals surface area contributed by atoms with Crippen LogP contribution in [0.15, 0.2) is 17.1 Å². The molecule has 3 rings (SSSR count). The van der Waals surface area contributed by atoms with Crippen LogP contribution in [0.3, 0.4) is 0 Å². The van der Waals surface area contributed by atoms with Crippen molar-refractivity contribution in [3.05, 3.63) is 24.1 Å². The highest BCUT2D eigenvalue weighted by Crippen LogP contribution is 2.27. The zero-order valence-electron chi connectivity index (χ0n) is 9.41. The van der Waals surface area contributed by atoms with Crippen molar-refractivity contribution in [3.63, 3.8) is 0 Å². The lowest BCUT2D eigenvalue weighted by atomic mass is 10.4. The van der Waals surface area contributed by atoms with Crippen LogP contribution in [-0.4, -0.2) is 31.7 Å². The molecule has 1 aliphatic carbocycles. The van der Waals surface area contributed by atoms with Crippen LogP contribution in [0.2, 0.25) is 0 Å². The summed E-state index contributed by atoms with van der Waals surface area (Å²) in [4.78, 5) is 3.93. The van der Waals surface area contributed by atoms with E-state index in [9.17, 15) is 0 Å². The highest BCUT2D eigenvalue weighted by molar-refractivity contribution is 4.93. The van der Waals surface area contributed by atoms with Crippen molar-refractivity contribution in [2.24, 2.45) is 5.92 Å². The summed E-state index contributed by atoms with van der Waals surface area (Å²) in [5.41, 5.74) is 0.939. The second-order valence-corrected chi connectivity index (χ2v) is 4.33. The van der Waals surface area contributed by atoms with Gasteiger partial charge in [0, 0.05) is 6.54 Å². The third-order valence-electron chi connectivity index (χ3n) is 2.73. The molecular weight excluding hydrogens is 220 g/mol. The fraction of sp³-hybridized carbons (Fsp3) is 0.600. The van der Waals surface area contributed by atoms with E-state index in [1.54, 1.807) is 4.68 Å². The van der Waals surface area contributed by atoms with E-state index in [1.165, 1.54) is 19.2 Å². The van der Waals surface area contributed by atoms with Crippen LogP contribution < -0.4 is 5.32 Å². The second kappa shape index (κ2) is 4.62. The Morgan fingerprint density at radius 2 is 2.41 bits per heavy atom. The smallest absolute Gasteiger partial charge is 0.213 e. The van der Waals surface area contributed by atoms with E-state index in [0.29, 0.717) is 12.4 Å². The average molecular weight is 234 g/mol. The van der Waals surface area contributed by atoms with E-state index in [0.717, 1.165) is 24.7 Å². The molecule has 0 spiro atoms. The molecule has 2 heterocycles. The lowest BCUT2D eigenvalue weighted by Crippen LogP contribution is -2.16. The molecule has 90 valence electrons. The quantitative estimate of drug-likeness (QED) is 0.769. The van der Waals surface area contributed by atoms with Gasteiger partial charge in [0.15, 0.2) is 5.82 Å². The molecule has 0 unspecified atom stereocenters. The minimum absolute atomic E-state index is 0.492. The molecule has 0 aliphatic heterocycles. The Kier molecular flexibility index (Phi) is 2.83. The van der Waals surface area contributed by atoms with Gasteiger partial charge in [-0.2, -0.15) is 4.98 Å². The molecule has 2 aromatic heterocycles. The zero-order chi connectivity index (χ0) is 11.5. The van der Waals surface area contributed by atoms with Crippen molar-refractivity contribution >= 4 is 0 Å². The van der Waals surface area contributed by atoms with Gasteiger partial charge in [0.1, 0.15) is 6.54 Å². The fourth-order valence-electron chi connectivity index (χ4n) is 1.63. The van der Waals surface area contributed by atoms with Crippen molar-refractivity contribution in [3.8, 4) is 0 Å². The van der Waals surface area contributed by atoms with Gasteiger partial charge in [-0.1, -0.05) is 10.4 Å². The Morgan fingerprint density at radius 3 is 3.18 bits per heavy atom. The van der Waals surface area contributed by atoms with E-state index in [2.05, 4.69) is 30.3 Å². The minimum atomic E-state index is 0.492. The molecule has 1 saturated carbocycles. The first kappa shape index (κ1) is 10.4. The maximum Gasteiger partial charge on any atom is 0.213 e. The molecule has 0 saturated heterocycles. The third kappa shape index (κ3) is 2.88. The van der Waals surface area contributed by atoms with Crippen molar-refractivity contribution in [1.29, 1.82) is 0 Å². The Bertz CT molecular complexity index is 461. The summed E-state index contributed by atoms with van der Waals surface area (Å²) in [6, 6.07) is 0. The Balaban J connectivity index is 1.50. The predicted molar refractivity (Wildman–Crippen MR) is 57.9 cm³/mol. The summed E-state index contributed by atoms with van der Waals surface area (Å²) >= 11 is 0. The summed E-state index contributed by atoms with van der Waals surface area (Å²) in [7, 11) is 0. The highest BCUT2D eigenvalue weighted by atomic mass is 16.5. The van der Waals surface area contributed by atoms with Crippen LogP contribution in [0.25, 0.3) is 0 Å². The molecule has 1 N–H and O–H groups in total. The van der Waals surface area contributed by atoms with Gasteiger partial charge >= 0.3 is 0 Å². The Morgan fingerprint density at radius 1 is 1.47 bits per heavy atom. The first-order valence-corrected chi connectivity index (χ1v) is 5.75. The van der Waals surface area contributed by atoms with Gasteiger partial charge in [-0.15, -0.1) is 5.10 Å². The van der Waals surface area contributed by atoms with Crippen LogP contribution >= 0.6 is 0 Å². The first-order valence-electron chi connectivity index (χ1n) is 5.75. The molecule has 2 aromatic rings. The molecule has 0 aromatic carbocycles. The number of rotatable bonds is 6. The Hall–Kier alpha value is -1.76. The standard InChI is InChI=1S/C10H14N6O/c1-2-8(1)3-11-4-9-5-16(15-13-9)6-10-12-7-17-14-10/h5,7-8,11H,1-4,6H2. The lowest BCUT2D eigenvalue weighted by Gasteiger charge is -1.98. The molecule has 17 heavy (non-hydrogen) atoms. The van der Waals surface area contributed by atoms with Gasteiger partial charge < -0.3 is 9.84 Å². The lowest BCUT2D eigenvalue weighted by molar-refractivity contribution is 0.406. The molecular formula is C10H14N6O. The number of hydrogen-bond donors (Lipinski definition) is 1. The maximum absolute atomic E-state index is 4.66. The third-order valence-corrected chi connectivity index (χ3v) is 2.73. The van der Waals surface area contributed by atoms with Crippen LogP contribution in [0.5, 0.6) is 0 Å². The fourth-order valence-corrected chi connectivity index (χ4v) is 1.63. The topological polar surface area (TPSA) is 81.7 Å². The predicted octanol–water partition coefficient (Wildman–Crippen LogP) is 0.209. The molecule has 0 radical (unpaired) electrons. The molecule has 0 bridgehead atoms. The summed E-state index contributed by atoms with van der Waals surface area (Å²) in [5.74, 6) is 1.48. The number of nitrogens with one attached hydrogen (secondary N) is 1. The normalized spacial score (nSPS) is 15.3. The van der Waals surface area contributed by atoms with Crippen molar-refractivity contribution in [2.45, 2.75) is 25.9 Å². The molecule has 0 amide bonds. The molecule has 0 atom stereocenters. The largest absolute Gasteiger partial charge is 0.343 e. The highest BCUT2D eigenvalue weighted by Gasteiger charge is 2.20. The number of aromatic nitrogens is 5. The van der Waals surface area contributed by atoms with E-state index >= 15 is 0 Å². The van der Waals surface area contributed by atoms with Crippen molar-refractivity contribution in [1.82, 2.24) is 30.5 Å². The number of nitrogens with zero attached hydrogens (tertiary/aromatic N) is 5. The number of hydrogen-bond acceptors (Lipinski definition) is 6. The van der Waals surface area contributed by atoms with Crippen LogP contribution in [0, 0.1) is 5.92 Å². The van der Waals surface area contributed by atoms with Gasteiger partial charge in [0.2, 0.25) is 6.39 Å². The molecule has 1 aliphatic rings. The molecule has 7 nitrogen and oxygen atoms in total. The average Bonchev–Trinajstić information content (AvgIpc) is 2.83. The summed E-state index contributed by atoms with van der Waals surface area (Å²) < 4.78 is 6.36. The zero-order valence-corrected chi connectivity index (χ0v) is 9.41. The van der Waals surface area contributed by atoms with E-state index in [-0.39, 0.29) is 0 Å². The van der Waals surface area contributed by atoms with E-state index in [1.807, 2.05) is 6.20 Å². The van der Waals surface area contributed by atoms with Gasteiger partial charge in [-0.05, 0) is 25.3 Å². The Labute approximate surface area is 98.2 Å². The van der Waals surface area contributed by atoms with Gasteiger partial charge in [0.25, 0.3) is 0 Å². The van der Waals surface area contributed by atoms with E-state index < -0.39 is 0 Å². The maximum atomic E-state index is 4.66. The van der Waals surface area contributed by atoms with Crippen LogP contribution in [-0.2, 0) is 13.1 Å². The van der Waals surface area contributed by atoms with Gasteiger partial charge in [0.05, 0.1) is 11.9 Å². The second-order valence-electron chi connectivity index (χ2n) is 4.33. The monoisotopic (exact) mass is 234 g/mol. The van der Waals surface area contributed by atoms with Crippen molar-refractivity contribution in [2.75, 3.05) is 6.54 Å². The minimum Gasteiger partial charge on any atom is -0.343 e. The summed E-state index contributed by atoms with van der Waals surface area (Å²) in [6.07, 6.45) is 5.93. The molecule has 7 heteroatoms. The van der Waals surface area contributed by atoms with Gasteiger partial charge in [-0.25, -0.2) is 4.68 Å². The summed E-state index contributed by atoms with van der Waals surface area (Å²) in [5, 5.41) is 15.2. The SMILES string of the molecule is c1nc(Cn2cc(CNCC3CC3)nn2)no1. The van der Waals surface area contributed by atoms with Crippen LogP contribution in [0.1, 0.15) is 24.4 Å². The van der Waals surface area contributed by atoms with Gasteiger partial charge in [-0.3, -0.25) is 0 Å². The first-order chi connectivity index (χ1) is 8.40. The van der Waals surface area contributed by atoms with Crippen molar-refractivity contribution < 1.29 is 4.52 Å². The molecule has 1 fully saturated rings.